The van der Waals surface area contributed by atoms with E-state index in [9.17, 15) is 14.7 Å². The van der Waals surface area contributed by atoms with Crippen LogP contribution in [0.1, 0.15) is 17.2 Å². The topological polar surface area (TPSA) is 114 Å². The molecule has 0 bridgehead atoms. The SMILES string of the molecule is O=C(O)C1CSc2c(-c3cc(-c4cccc5ccccc45)no3)c(Cc3cccc4ccccc34)cc(=O)n21.c1c[nH]cn1. The van der Waals surface area contributed by atoms with Crippen molar-refractivity contribution >= 4 is 39.3 Å². The van der Waals surface area contributed by atoms with Crippen molar-refractivity contribution in [3.05, 3.63) is 137 Å². The lowest BCUT2D eigenvalue weighted by atomic mass is 9.95. The van der Waals surface area contributed by atoms with Crippen molar-refractivity contribution in [2.75, 3.05) is 5.75 Å². The van der Waals surface area contributed by atoms with Gasteiger partial charge in [-0.05, 0) is 39.1 Å². The summed E-state index contributed by atoms with van der Waals surface area (Å²) in [5.41, 5.74) is 3.87. The summed E-state index contributed by atoms with van der Waals surface area (Å²) in [6, 6.07) is 31.0. The van der Waals surface area contributed by atoms with E-state index in [1.807, 2.05) is 48.5 Å². The Morgan fingerprint density at radius 3 is 2.39 bits per heavy atom. The third-order valence-corrected chi connectivity index (χ3v) is 8.91. The maximum Gasteiger partial charge on any atom is 0.327 e. The number of aromatic nitrogens is 4. The van der Waals surface area contributed by atoms with Crippen molar-refractivity contribution in [1.82, 2.24) is 19.7 Å². The Hall–Kier alpha value is -5.41. The van der Waals surface area contributed by atoms with Gasteiger partial charge in [0.2, 0.25) is 0 Å². The molecule has 216 valence electrons. The van der Waals surface area contributed by atoms with Crippen LogP contribution in [0.2, 0.25) is 0 Å². The summed E-state index contributed by atoms with van der Waals surface area (Å²) in [4.78, 5) is 31.7. The van der Waals surface area contributed by atoms with Crippen molar-refractivity contribution in [2.45, 2.75) is 17.5 Å². The number of H-pyrrole nitrogens is 1. The zero-order valence-electron chi connectivity index (χ0n) is 23.4. The molecule has 2 N–H and O–H groups in total. The number of rotatable bonds is 5. The lowest BCUT2D eigenvalue weighted by Gasteiger charge is -2.15. The summed E-state index contributed by atoms with van der Waals surface area (Å²) in [7, 11) is 0. The van der Waals surface area contributed by atoms with E-state index in [2.05, 4.69) is 57.6 Å². The van der Waals surface area contributed by atoms with Gasteiger partial charge in [-0.15, -0.1) is 11.8 Å². The molecule has 8 rings (SSSR count). The molecule has 0 saturated heterocycles. The lowest BCUT2D eigenvalue weighted by Crippen LogP contribution is -2.29. The van der Waals surface area contributed by atoms with Crippen LogP contribution in [-0.2, 0) is 11.2 Å². The van der Waals surface area contributed by atoms with Gasteiger partial charge in [0, 0.05) is 35.8 Å². The second-order valence-corrected chi connectivity index (χ2v) is 11.4. The van der Waals surface area contributed by atoms with Gasteiger partial charge in [-0.3, -0.25) is 9.36 Å². The van der Waals surface area contributed by atoms with Gasteiger partial charge in [-0.25, -0.2) is 9.78 Å². The van der Waals surface area contributed by atoms with E-state index < -0.39 is 12.0 Å². The first-order valence-electron chi connectivity index (χ1n) is 14.1. The molecule has 4 aromatic carbocycles. The molecular formula is C35H26N4O4S. The molecule has 0 amide bonds. The molecule has 4 heterocycles. The number of imidazole rings is 1. The molecule has 1 unspecified atom stereocenters. The average molecular weight is 599 g/mol. The van der Waals surface area contributed by atoms with Gasteiger partial charge in [0.25, 0.3) is 5.56 Å². The normalized spacial score (nSPS) is 13.9. The number of thioether (sulfide) groups is 1. The van der Waals surface area contributed by atoms with Gasteiger partial charge in [0.15, 0.2) is 5.76 Å². The van der Waals surface area contributed by atoms with E-state index >= 15 is 0 Å². The number of fused-ring (bicyclic) bond motifs is 3. The number of nitrogens with one attached hydrogen (secondary N) is 1. The highest BCUT2D eigenvalue weighted by molar-refractivity contribution is 7.99. The van der Waals surface area contributed by atoms with Gasteiger partial charge < -0.3 is 14.6 Å². The van der Waals surface area contributed by atoms with Crippen LogP contribution >= 0.6 is 11.8 Å². The van der Waals surface area contributed by atoms with Crippen molar-refractivity contribution < 1.29 is 14.4 Å². The smallest absolute Gasteiger partial charge is 0.327 e. The number of pyridine rings is 1. The van der Waals surface area contributed by atoms with Gasteiger partial charge in [-0.2, -0.15) is 0 Å². The molecule has 0 spiro atoms. The van der Waals surface area contributed by atoms with Crippen molar-refractivity contribution in [3.8, 4) is 22.6 Å². The number of benzene rings is 4. The molecule has 8 nitrogen and oxygen atoms in total. The van der Waals surface area contributed by atoms with E-state index in [-0.39, 0.29) is 11.3 Å². The standard InChI is InChI=1S/C32H22N2O4S.C3H4N2/c35-29-16-22(15-21-11-5-9-19-7-1-3-12-23(19)21)30(31-34(29)27(18-39-31)32(36)37)28-17-26(33-38-28)25-14-6-10-20-8-2-4-13-24(20)25;1-2-5-3-4-1/h1-14,16-17,27H,15,18H2,(H,36,37);1-3H,(H,4,5). The number of carboxylic acids is 1. The molecule has 0 radical (unpaired) electrons. The maximum atomic E-state index is 13.3. The Balaban J connectivity index is 0.000000571. The van der Waals surface area contributed by atoms with E-state index in [1.165, 1.54) is 16.3 Å². The summed E-state index contributed by atoms with van der Waals surface area (Å²) in [6.07, 6.45) is 5.57. The molecule has 0 aliphatic carbocycles. The van der Waals surface area contributed by atoms with Crippen LogP contribution < -0.4 is 5.56 Å². The quantitative estimate of drug-likeness (QED) is 0.215. The van der Waals surface area contributed by atoms with E-state index in [0.29, 0.717) is 22.9 Å². The number of aromatic amines is 1. The van der Waals surface area contributed by atoms with Crippen LogP contribution in [0.4, 0.5) is 0 Å². The molecule has 1 atom stereocenters. The Bertz CT molecular complexity index is 2160. The number of hydrogen-bond donors (Lipinski definition) is 2. The minimum absolute atomic E-state index is 0.277. The summed E-state index contributed by atoms with van der Waals surface area (Å²) in [5.74, 6) is -0.236. The number of nitrogens with zero attached hydrogens (tertiary/aromatic N) is 3. The third-order valence-electron chi connectivity index (χ3n) is 7.75. The minimum Gasteiger partial charge on any atom is -0.480 e. The zero-order valence-corrected chi connectivity index (χ0v) is 24.2. The fourth-order valence-corrected chi connectivity index (χ4v) is 7.08. The first-order valence-corrected chi connectivity index (χ1v) is 15.1. The third kappa shape index (κ3) is 5.07. The van der Waals surface area contributed by atoms with Crippen LogP contribution in [0.5, 0.6) is 0 Å². The second kappa shape index (κ2) is 11.7. The second-order valence-electron chi connectivity index (χ2n) is 10.4. The largest absolute Gasteiger partial charge is 0.480 e. The van der Waals surface area contributed by atoms with E-state index in [4.69, 9.17) is 4.52 Å². The van der Waals surface area contributed by atoms with Crippen molar-refractivity contribution in [1.29, 1.82) is 0 Å². The van der Waals surface area contributed by atoms with Crippen LogP contribution in [0.3, 0.4) is 0 Å². The highest BCUT2D eigenvalue weighted by atomic mass is 32.2. The number of aliphatic carboxylic acids is 1. The molecule has 1 aliphatic heterocycles. The van der Waals surface area contributed by atoms with Crippen molar-refractivity contribution in [2.24, 2.45) is 0 Å². The Morgan fingerprint density at radius 1 is 0.932 bits per heavy atom. The zero-order chi connectivity index (χ0) is 30.0. The van der Waals surface area contributed by atoms with Crippen LogP contribution in [0.25, 0.3) is 44.1 Å². The predicted molar refractivity (Wildman–Crippen MR) is 172 cm³/mol. The van der Waals surface area contributed by atoms with Gasteiger partial charge in [-0.1, -0.05) is 90.1 Å². The maximum absolute atomic E-state index is 13.3. The summed E-state index contributed by atoms with van der Waals surface area (Å²) in [6.45, 7) is 0. The fraction of sp³-hybridized carbons (Fsp3) is 0.0857. The lowest BCUT2D eigenvalue weighted by molar-refractivity contribution is -0.140. The van der Waals surface area contributed by atoms with Gasteiger partial charge in [0.1, 0.15) is 11.7 Å². The van der Waals surface area contributed by atoms with Crippen LogP contribution in [-0.4, -0.2) is 36.5 Å². The molecule has 7 aromatic rings. The van der Waals surface area contributed by atoms with Crippen molar-refractivity contribution in [3.63, 3.8) is 0 Å². The minimum atomic E-state index is -1.02. The van der Waals surface area contributed by atoms with Crippen LogP contribution in [0, 0.1) is 0 Å². The molecule has 0 saturated carbocycles. The first kappa shape index (κ1) is 27.4. The number of hydrogen-bond acceptors (Lipinski definition) is 6. The monoisotopic (exact) mass is 598 g/mol. The predicted octanol–water partition coefficient (Wildman–Crippen LogP) is 7.21. The Morgan fingerprint density at radius 2 is 1.66 bits per heavy atom. The molecular weight excluding hydrogens is 572 g/mol. The average Bonchev–Trinajstić information content (AvgIpc) is 3.85. The highest BCUT2D eigenvalue weighted by Gasteiger charge is 2.34. The van der Waals surface area contributed by atoms with Gasteiger partial charge >= 0.3 is 5.97 Å². The van der Waals surface area contributed by atoms with E-state index in [0.717, 1.165) is 43.8 Å². The molecule has 3 aromatic heterocycles. The fourth-order valence-electron chi connectivity index (χ4n) is 5.74. The number of carboxylic acid groups (broad SMARTS) is 1. The molecule has 9 heteroatoms. The summed E-state index contributed by atoms with van der Waals surface area (Å²) >= 11 is 1.37. The summed E-state index contributed by atoms with van der Waals surface area (Å²) < 4.78 is 7.34. The number of carbonyl (C=O) groups is 1. The Labute approximate surface area is 256 Å². The molecule has 0 fully saturated rings. The molecule has 1 aliphatic rings. The Kier molecular flexibility index (Phi) is 7.29. The van der Waals surface area contributed by atoms with Crippen LogP contribution in [0.15, 0.2) is 130 Å². The molecule has 44 heavy (non-hydrogen) atoms. The van der Waals surface area contributed by atoms with E-state index in [1.54, 1.807) is 24.8 Å². The first-order chi connectivity index (χ1) is 21.6. The highest BCUT2D eigenvalue weighted by Crippen LogP contribution is 2.43. The summed E-state index contributed by atoms with van der Waals surface area (Å²) in [5, 5.41) is 19.2. The van der Waals surface area contributed by atoms with Gasteiger partial charge in [0.05, 0.1) is 16.9 Å².